The number of anilines is 1. The number of nitrogens with two attached hydrogens (primary N) is 1. The molecule has 0 aliphatic carbocycles. The number of hydroxylamine groups is 1. The topological polar surface area (TPSA) is 78.6 Å². The number of rotatable bonds is 5. The zero-order valence-electron chi connectivity index (χ0n) is 13.8. The molecule has 0 unspecified atom stereocenters. The molecule has 3 aromatic rings. The third kappa shape index (κ3) is 3.76. The molecule has 0 fully saturated rings. The normalized spacial score (nSPS) is 15.8. The fourth-order valence-corrected chi connectivity index (χ4v) is 2.48. The second kappa shape index (κ2) is 7.16. The number of nitrogen functional groups attached to an aromatic ring is 1. The molecule has 1 aliphatic rings. The quantitative estimate of drug-likeness (QED) is 0.727. The van der Waals surface area contributed by atoms with Crippen molar-refractivity contribution in [2.75, 3.05) is 5.73 Å². The number of nitrogens with one attached hydrogen (secondary N) is 1. The van der Waals surface area contributed by atoms with E-state index in [9.17, 15) is 0 Å². The van der Waals surface area contributed by atoms with Crippen LogP contribution in [0.3, 0.4) is 0 Å². The number of hydrogen-bond donors (Lipinski definition) is 2. The SMILES string of the molecule is Nc1ccc(OC2=C[C@@H](c3ccc(Oc4ccccc4)cc3)ON2)cn1. The number of pyridine rings is 1. The van der Waals surface area contributed by atoms with Crippen LogP contribution in [0, 0.1) is 0 Å². The van der Waals surface area contributed by atoms with Crippen molar-refractivity contribution in [2.45, 2.75) is 6.10 Å². The van der Waals surface area contributed by atoms with Gasteiger partial charge >= 0.3 is 0 Å². The maximum absolute atomic E-state index is 5.79. The molecule has 0 spiro atoms. The smallest absolute Gasteiger partial charge is 0.216 e. The monoisotopic (exact) mass is 347 g/mol. The molecule has 130 valence electrons. The van der Waals surface area contributed by atoms with E-state index in [-0.39, 0.29) is 6.10 Å². The van der Waals surface area contributed by atoms with E-state index in [0.717, 1.165) is 17.1 Å². The molecule has 0 bridgehead atoms. The maximum Gasteiger partial charge on any atom is 0.216 e. The van der Waals surface area contributed by atoms with Gasteiger partial charge in [-0.1, -0.05) is 30.3 Å². The lowest BCUT2D eigenvalue weighted by molar-refractivity contribution is 0.0273. The molecule has 4 rings (SSSR count). The van der Waals surface area contributed by atoms with E-state index in [0.29, 0.717) is 17.5 Å². The third-order valence-electron chi connectivity index (χ3n) is 3.76. The van der Waals surface area contributed by atoms with Gasteiger partial charge in [-0.2, -0.15) is 0 Å². The van der Waals surface area contributed by atoms with Crippen LogP contribution in [0.25, 0.3) is 0 Å². The molecule has 0 radical (unpaired) electrons. The molecule has 6 heteroatoms. The number of para-hydroxylation sites is 1. The average Bonchev–Trinajstić information content (AvgIpc) is 3.14. The highest BCUT2D eigenvalue weighted by Crippen LogP contribution is 2.28. The van der Waals surface area contributed by atoms with Crippen LogP contribution in [0.2, 0.25) is 0 Å². The van der Waals surface area contributed by atoms with Gasteiger partial charge in [0.1, 0.15) is 29.2 Å². The van der Waals surface area contributed by atoms with Gasteiger partial charge < -0.3 is 15.2 Å². The Morgan fingerprint density at radius 2 is 1.58 bits per heavy atom. The van der Waals surface area contributed by atoms with Crippen LogP contribution in [0.15, 0.2) is 84.9 Å². The fraction of sp³-hybridized carbons (Fsp3) is 0.0500. The molecule has 6 nitrogen and oxygen atoms in total. The summed E-state index contributed by atoms with van der Waals surface area (Å²) in [7, 11) is 0. The van der Waals surface area contributed by atoms with Crippen molar-refractivity contribution in [3.8, 4) is 17.2 Å². The van der Waals surface area contributed by atoms with Crippen LogP contribution >= 0.6 is 0 Å². The maximum atomic E-state index is 5.79. The highest BCUT2D eigenvalue weighted by Gasteiger charge is 2.20. The summed E-state index contributed by atoms with van der Waals surface area (Å²) in [6, 6.07) is 20.8. The number of nitrogens with zero attached hydrogens (tertiary/aromatic N) is 1. The number of hydrogen-bond acceptors (Lipinski definition) is 6. The first kappa shape index (κ1) is 16.0. The standard InChI is InChI=1S/C20H17N3O3/c21-19-11-10-17(13-22-19)25-20-12-18(26-23-20)14-6-8-16(9-7-14)24-15-4-2-1-3-5-15/h1-13,18,23H,(H2,21,22)/t18-/m0/s1. The molecule has 0 saturated heterocycles. The summed E-state index contributed by atoms with van der Waals surface area (Å²) in [4.78, 5) is 9.54. The van der Waals surface area contributed by atoms with Gasteiger partial charge in [0.15, 0.2) is 0 Å². The highest BCUT2D eigenvalue weighted by atomic mass is 16.7. The fourth-order valence-electron chi connectivity index (χ4n) is 2.48. The number of aromatic nitrogens is 1. The van der Waals surface area contributed by atoms with Crippen LogP contribution in [-0.2, 0) is 4.84 Å². The summed E-state index contributed by atoms with van der Waals surface area (Å²) < 4.78 is 11.5. The average molecular weight is 347 g/mol. The molecule has 3 N–H and O–H groups in total. The Kier molecular flexibility index (Phi) is 4.40. The van der Waals surface area contributed by atoms with Crippen molar-refractivity contribution in [2.24, 2.45) is 0 Å². The van der Waals surface area contributed by atoms with E-state index >= 15 is 0 Å². The summed E-state index contributed by atoms with van der Waals surface area (Å²) in [5, 5.41) is 0. The Hall–Kier alpha value is -3.51. The second-order valence-electron chi connectivity index (χ2n) is 5.68. The van der Waals surface area contributed by atoms with E-state index in [2.05, 4.69) is 10.5 Å². The minimum absolute atomic E-state index is 0.252. The lowest BCUT2D eigenvalue weighted by atomic mass is 10.1. The summed E-state index contributed by atoms with van der Waals surface area (Å²) in [5.74, 6) is 3.09. The molecule has 1 aliphatic heterocycles. The minimum atomic E-state index is -0.252. The Bertz CT molecular complexity index is 894. The predicted octanol–water partition coefficient (Wildman–Crippen LogP) is 3.95. The predicted molar refractivity (Wildman–Crippen MR) is 97.3 cm³/mol. The number of ether oxygens (including phenoxy) is 2. The molecular formula is C20H17N3O3. The summed E-state index contributed by atoms with van der Waals surface area (Å²) in [5.41, 5.74) is 9.31. The van der Waals surface area contributed by atoms with Crippen molar-refractivity contribution in [3.63, 3.8) is 0 Å². The van der Waals surface area contributed by atoms with Gasteiger partial charge in [-0.15, -0.1) is 0 Å². The van der Waals surface area contributed by atoms with Crippen molar-refractivity contribution >= 4 is 5.82 Å². The van der Waals surface area contributed by atoms with Crippen LogP contribution in [0.4, 0.5) is 5.82 Å². The molecule has 1 atom stereocenters. The second-order valence-corrected chi connectivity index (χ2v) is 5.68. The van der Waals surface area contributed by atoms with Crippen molar-refractivity contribution in [3.05, 3.63) is 90.4 Å². The minimum Gasteiger partial charge on any atom is -0.457 e. The van der Waals surface area contributed by atoms with Crippen LogP contribution in [-0.4, -0.2) is 4.98 Å². The van der Waals surface area contributed by atoms with E-state index in [1.54, 1.807) is 18.3 Å². The molecule has 2 aromatic carbocycles. The Morgan fingerprint density at radius 3 is 2.31 bits per heavy atom. The van der Waals surface area contributed by atoms with Gasteiger partial charge in [0.05, 0.1) is 6.20 Å². The van der Waals surface area contributed by atoms with Crippen LogP contribution < -0.4 is 20.7 Å². The van der Waals surface area contributed by atoms with Crippen molar-refractivity contribution in [1.82, 2.24) is 10.5 Å². The largest absolute Gasteiger partial charge is 0.457 e. The van der Waals surface area contributed by atoms with Gasteiger partial charge in [0.2, 0.25) is 5.88 Å². The number of benzene rings is 2. The zero-order chi connectivity index (χ0) is 17.8. The lowest BCUT2D eigenvalue weighted by Crippen LogP contribution is -2.12. The Balaban J connectivity index is 1.41. The first-order valence-electron chi connectivity index (χ1n) is 8.12. The third-order valence-corrected chi connectivity index (χ3v) is 3.76. The van der Waals surface area contributed by atoms with Gasteiger partial charge in [-0.3, -0.25) is 4.84 Å². The van der Waals surface area contributed by atoms with E-state index in [1.807, 2.05) is 60.7 Å². The van der Waals surface area contributed by atoms with Gasteiger partial charge in [-0.25, -0.2) is 10.5 Å². The molecule has 26 heavy (non-hydrogen) atoms. The Labute approximate surface area is 150 Å². The highest BCUT2D eigenvalue weighted by molar-refractivity contribution is 5.36. The summed E-state index contributed by atoms with van der Waals surface area (Å²) in [6.07, 6.45) is 3.15. The van der Waals surface area contributed by atoms with E-state index < -0.39 is 0 Å². The lowest BCUT2D eigenvalue weighted by Gasteiger charge is -2.09. The first-order chi connectivity index (χ1) is 12.8. The van der Waals surface area contributed by atoms with Gasteiger partial charge in [0.25, 0.3) is 0 Å². The van der Waals surface area contributed by atoms with Crippen molar-refractivity contribution in [1.29, 1.82) is 0 Å². The molecule has 0 saturated carbocycles. The molecule has 2 heterocycles. The molecule has 0 amide bonds. The van der Waals surface area contributed by atoms with Crippen LogP contribution in [0.1, 0.15) is 11.7 Å². The zero-order valence-corrected chi connectivity index (χ0v) is 13.8. The van der Waals surface area contributed by atoms with E-state index in [1.165, 1.54) is 0 Å². The van der Waals surface area contributed by atoms with Gasteiger partial charge in [-0.05, 0) is 42.0 Å². The Morgan fingerprint density at radius 1 is 0.846 bits per heavy atom. The van der Waals surface area contributed by atoms with Gasteiger partial charge in [0, 0.05) is 6.08 Å². The van der Waals surface area contributed by atoms with Crippen molar-refractivity contribution < 1.29 is 14.3 Å². The molecular weight excluding hydrogens is 330 g/mol. The summed E-state index contributed by atoms with van der Waals surface area (Å²) >= 11 is 0. The first-order valence-corrected chi connectivity index (χ1v) is 8.12. The summed E-state index contributed by atoms with van der Waals surface area (Å²) in [6.45, 7) is 0. The van der Waals surface area contributed by atoms with Crippen LogP contribution in [0.5, 0.6) is 17.2 Å². The molecule has 1 aromatic heterocycles. The van der Waals surface area contributed by atoms with E-state index in [4.69, 9.17) is 20.0 Å².